The van der Waals surface area contributed by atoms with Crippen molar-refractivity contribution in [1.82, 2.24) is 14.9 Å². The van der Waals surface area contributed by atoms with E-state index in [1.165, 1.54) is 16.5 Å². The van der Waals surface area contributed by atoms with E-state index in [1.54, 1.807) is 17.7 Å². The maximum absolute atomic E-state index is 5.45. The van der Waals surface area contributed by atoms with Crippen molar-refractivity contribution in [2.24, 2.45) is 0 Å². The number of aryl methyl sites for hydroxylation is 1. The van der Waals surface area contributed by atoms with Crippen LogP contribution < -0.4 is 0 Å². The topological polar surface area (TPSA) is 38.2 Å². The van der Waals surface area contributed by atoms with E-state index < -0.39 is 0 Å². The lowest BCUT2D eigenvalue weighted by atomic mass is 10.0. The Kier molecular flexibility index (Phi) is 4.31. The fourth-order valence-electron chi connectivity index (χ4n) is 3.33. The average molecular weight is 339 g/mol. The number of benzene rings is 1. The van der Waals surface area contributed by atoms with Gasteiger partial charge in [0.1, 0.15) is 11.2 Å². The zero-order valence-electron chi connectivity index (χ0n) is 14.0. The zero-order valence-corrected chi connectivity index (χ0v) is 14.8. The van der Waals surface area contributed by atoms with Gasteiger partial charge in [0, 0.05) is 30.1 Å². The van der Waals surface area contributed by atoms with Crippen molar-refractivity contribution in [2.75, 3.05) is 26.3 Å². The number of thiophene rings is 1. The van der Waals surface area contributed by atoms with E-state index in [0.717, 1.165) is 42.4 Å². The molecule has 1 atom stereocenters. The maximum atomic E-state index is 5.45. The maximum Gasteiger partial charge on any atom is 0.127 e. The fourth-order valence-corrected chi connectivity index (χ4v) is 4.22. The van der Waals surface area contributed by atoms with Crippen LogP contribution in [0.5, 0.6) is 0 Å². The molecule has 0 radical (unpaired) electrons. The highest BCUT2D eigenvalue weighted by Crippen LogP contribution is 2.32. The molecule has 124 valence electrons. The van der Waals surface area contributed by atoms with Gasteiger partial charge in [-0.05, 0) is 30.4 Å². The van der Waals surface area contributed by atoms with Crippen molar-refractivity contribution in [3.8, 4) is 11.3 Å². The van der Waals surface area contributed by atoms with Crippen molar-refractivity contribution in [2.45, 2.75) is 19.9 Å². The normalized spacial score (nSPS) is 17.2. The predicted molar refractivity (Wildman–Crippen MR) is 98.4 cm³/mol. The lowest BCUT2D eigenvalue weighted by Crippen LogP contribution is -2.37. The van der Waals surface area contributed by atoms with Gasteiger partial charge in [0.15, 0.2) is 0 Å². The van der Waals surface area contributed by atoms with Gasteiger partial charge in [0.05, 0.1) is 18.9 Å². The molecule has 1 aliphatic heterocycles. The van der Waals surface area contributed by atoms with Gasteiger partial charge in [0.25, 0.3) is 0 Å². The van der Waals surface area contributed by atoms with Gasteiger partial charge in [-0.1, -0.05) is 24.3 Å². The number of morpholine rings is 1. The standard InChI is InChI=1S/C19H21N3OS/c1-13-11-24-19-17(13)18(20-12-21-19)16-5-3-15(4-6-16)14(2)22-7-9-23-10-8-22/h3-6,11-12,14H,7-10H2,1-2H3. The van der Waals surface area contributed by atoms with E-state index in [2.05, 4.69) is 58.4 Å². The highest BCUT2D eigenvalue weighted by atomic mass is 32.1. The van der Waals surface area contributed by atoms with Crippen LogP contribution in [0.15, 0.2) is 36.0 Å². The van der Waals surface area contributed by atoms with Crippen LogP contribution in [0.1, 0.15) is 24.1 Å². The minimum absolute atomic E-state index is 0.413. The Hall–Kier alpha value is -1.82. The van der Waals surface area contributed by atoms with Crippen molar-refractivity contribution in [3.63, 3.8) is 0 Å². The fraction of sp³-hybridized carbons (Fsp3) is 0.368. The average Bonchev–Trinajstić information content (AvgIpc) is 3.03. The third kappa shape index (κ3) is 2.83. The molecular formula is C19H21N3OS. The van der Waals surface area contributed by atoms with Crippen molar-refractivity contribution in [3.05, 3.63) is 47.1 Å². The monoisotopic (exact) mass is 339 g/mol. The summed E-state index contributed by atoms with van der Waals surface area (Å²) in [6.45, 7) is 8.07. The minimum Gasteiger partial charge on any atom is -0.379 e. The van der Waals surface area contributed by atoms with Gasteiger partial charge in [-0.25, -0.2) is 9.97 Å². The predicted octanol–water partition coefficient (Wildman–Crippen LogP) is 4.06. The lowest BCUT2D eigenvalue weighted by Gasteiger charge is -2.32. The highest BCUT2D eigenvalue weighted by molar-refractivity contribution is 7.17. The van der Waals surface area contributed by atoms with E-state index in [4.69, 9.17) is 4.74 Å². The molecule has 0 N–H and O–H groups in total. The zero-order chi connectivity index (χ0) is 16.5. The Morgan fingerprint density at radius 3 is 2.62 bits per heavy atom. The van der Waals surface area contributed by atoms with Crippen molar-refractivity contribution >= 4 is 21.6 Å². The summed E-state index contributed by atoms with van der Waals surface area (Å²) in [5, 5.41) is 3.33. The van der Waals surface area contributed by atoms with E-state index >= 15 is 0 Å². The Morgan fingerprint density at radius 1 is 1.12 bits per heavy atom. The summed E-state index contributed by atoms with van der Waals surface area (Å²) in [7, 11) is 0. The molecule has 0 spiro atoms. The molecule has 2 aromatic heterocycles. The molecule has 4 nitrogen and oxygen atoms in total. The molecule has 1 aliphatic rings. The lowest BCUT2D eigenvalue weighted by molar-refractivity contribution is 0.0198. The molecule has 24 heavy (non-hydrogen) atoms. The molecule has 1 fully saturated rings. The second kappa shape index (κ2) is 6.59. The van der Waals surface area contributed by atoms with Gasteiger partial charge in [-0.15, -0.1) is 11.3 Å². The SMILES string of the molecule is Cc1csc2ncnc(-c3ccc(C(C)N4CCOCC4)cc3)c12. The van der Waals surface area contributed by atoms with Crippen LogP contribution in [0.25, 0.3) is 21.5 Å². The summed E-state index contributed by atoms with van der Waals surface area (Å²) in [6.07, 6.45) is 1.66. The number of aromatic nitrogens is 2. The van der Waals surface area contributed by atoms with Crippen LogP contribution in [-0.2, 0) is 4.74 Å². The molecule has 0 aliphatic carbocycles. The second-order valence-electron chi connectivity index (χ2n) is 6.27. The van der Waals surface area contributed by atoms with E-state index in [1.807, 2.05) is 0 Å². The Labute approximate surface area is 146 Å². The molecule has 1 aromatic carbocycles. The summed E-state index contributed by atoms with van der Waals surface area (Å²) >= 11 is 1.68. The number of hydrogen-bond donors (Lipinski definition) is 0. The summed E-state index contributed by atoms with van der Waals surface area (Å²) in [5.41, 5.74) is 4.77. The van der Waals surface area contributed by atoms with Gasteiger partial charge < -0.3 is 4.74 Å². The molecule has 4 rings (SSSR count). The van der Waals surface area contributed by atoms with Crippen LogP contribution in [0.3, 0.4) is 0 Å². The van der Waals surface area contributed by atoms with Crippen LogP contribution in [-0.4, -0.2) is 41.2 Å². The summed E-state index contributed by atoms with van der Waals surface area (Å²) in [4.78, 5) is 12.5. The first-order valence-corrected chi connectivity index (χ1v) is 9.23. The third-order valence-electron chi connectivity index (χ3n) is 4.81. The molecule has 5 heteroatoms. The van der Waals surface area contributed by atoms with Gasteiger partial charge in [0.2, 0.25) is 0 Å². The first kappa shape index (κ1) is 15.7. The first-order valence-electron chi connectivity index (χ1n) is 8.35. The molecule has 1 saturated heterocycles. The van der Waals surface area contributed by atoms with E-state index in [-0.39, 0.29) is 0 Å². The van der Waals surface area contributed by atoms with Gasteiger partial charge >= 0.3 is 0 Å². The quantitative estimate of drug-likeness (QED) is 0.721. The van der Waals surface area contributed by atoms with Gasteiger partial charge in [-0.2, -0.15) is 0 Å². The van der Waals surface area contributed by atoms with Crippen LogP contribution in [0.4, 0.5) is 0 Å². The molecule has 3 heterocycles. The Bertz CT molecular complexity index is 837. The van der Waals surface area contributed by atoms with Crippen molar-refractivity contribution in [1.29, 1.82) is 0 Å². The Morgan fingerprint density at radius 2 is 1.88 bits per heavy atom. The summed E-state index contributed by atoms with van der Waals surface area (Å²) in [5.74, 6) is 0. The number of rotatable bonds is 3. The summed E-state index contributed by atoms with van der Waals surface area (Å²) in [6, 6.07) is 9.24. The van der Waals surface area contributed by atoms with Crippen molar-refractivity contribution < 1.29 is 4.74 Å². The van der Waals surface area contributed by atoms with Crippen LogP contribution in [0, 0.1) is 6.92 Å². The molecule has 3 aromatic rings. The number of nitrogens with zero attached hydrogens (tertiary/aromatic N) is 3. The number of hydrogen-bond acceptors (Lipinski definition) is 5. The minimum atomic E-state index is 0.413. The smallest absolute Gasteiger partial charge is 0.127 e. The second-order valence-corrected chi connectivity index (χ2v) is 7.13. The molecular weight excluding hydrogens is 318 g/mol. The molecule has 0 saturated carbocycles. The summed E-state index contributed by atoms with van der Waals surface area (Å²) < 4.78 is 5.45. The number of fused-ring (bicyclic) bond motifs is 1. The van der Waals surface area contributed by atoms with E-state index in [9.17, 15) is 0 Å². The third-order valence-corrected chi connectivity index (χ3v) is 5.82. The Balaban J connectivity index is 1.64. The van der Waals surface area contributed by atoms with Crippen LogP contribution in [0.2, 0.25) is 0 Å². The van der Waals surface area contributed by atoms with E-state index in [0.29, 0.717) is 6.04 Å². The molecule has 0 bridgehead atoms. The molecule has 0 amide bonds. The van der Waals surface area contributed by atoms with Gasteiger partial charge in [-0.3, -0.25) is 4.90 Å². The highest BCUT2D eigenvalue weighted by Gasteiger charge is 2.18. The molecule has 1 unspecified atom stereocenters. The largest absolute Gasteiger partial charge is 0.379 e. The first-order chi connectivity index (χ1) is 11.7. The number of ether oxygens (including phenoxy) is 1. The van der Waals surface area contributed by atoms with Crippen LogP contribution >= 0.6 is 11.3 Å².